The Hall–Kier alpha value is -1.60. The van der Waals surface area contributed by atoms with Gasteiger partial charge in [0.1, 0.15) is 5.60 Å². The highest BCUT2D eigenvalue weighted by atomic mass is 16.6. The summed E-state index contributed by atoms with van der Waals surface area (Å²) in [6, 6.07) is -0.111. The van der Waals surface area contributed by atoms with E-state index in [1.165, 1.54) is 0 Å². The zero-order valence-corrected chi connectivity index (χ0v) is 14.3. The summed E-state index contributed by atoms with van der Waals surface area (Å²) in [6.07, 6.45) is 4.38. The number of hydrogen-bond donors (Lipinski definition) is 1. The largest absolute Gasteiger partial charge is 0.378 e. The summed E-state index contributed by atoms with van der Waals surface area (Å²) in [6.45, 7) is 10.6. The predicted octanol–water partition coefficient (Wildman–Crippen LogP) is 2.05. The molecule has 2 atom stereocenters. The summed E-state index contributed by atoms with van der Waals surface area (Å²) < 4.78 is 13.4. The van der Waals surface area contributed by atoms with Crippen LogP contribution >= 0.6 is 0 Å². The maximum atomic E-state index is 12.6. The van der Waals surface area contributed by atoms with E-state index in [9.17, 15) is 4.79 Å². The Kier molecular flexibility index (Phi) is 4.10. The molecule has 0 aliphatic carbocycles. The number of carbonyl (C=O) groups is 1. The third kappa shape index (κ3) is 3.50. The van der Waals surface area contributed by atoms with E-state index in [0.717, 1.165) is 6.42 Å². The molecule has 2 unspecified atom stereocenters. The molecular weight excluding hydrogens is 296 g/mol. The van der Waals surface area contributed by atoms with E-state index in [4.69, 9.17) is 9.47 Å². The lowest BCUT2D eigenvalue weighted by Gasteiger charge is -2.42. The molecule has 128 valence electrons. The molecule has 7 heteroatoms. The minimum atomic E-state index is -0.343. The molecule has 3 heterocycles. The van der Waals surface area contributed by atoms with Crippen molar-refractivity contribution >= 4 is 11.7 Å². The lowest BCUT2D eigenvalue weighted by molar-refractivity contribution is -0.136. The standard InChI is InChI=1S/C16H26N4O3/c1-12-8-19(10-16(23-12)5-6-22-11-16)14(21)18-13-7-17-20(9-13)15(2,3)4/h7,9,12H,5-6,8,10-11H2,1-4H3,(H,18,21). The van der Waals surface area contributed by atoms with Crippen molar-refractivity contribution in [2.45, 2.75) is 51.4 Å². The van der Waals surface area contributed by atoms with Crippen LogP contribution in [0.3, 0.4) is 0 Å². The summed E-state index contributed by atoms with van der Waals surface area (Å²) in [7, 11) is 0. The van der Waals surface area contributed by atoms with Crippen LogP contribution in [0.25, 0.3) is 0 Å². The molecule has 2 aliphatic rings. The monoisotopic (exact) mass is 322 g/mol. The summed E-state index contributed by atoms with van der Waals surface area (Å²) in [5.74, 6) is 0. The normalized spacial score (nSPS) is 28.3. The average Bonchev–Trinajstić information content (AvgIpc) is 3.07. The van der Waals surface area contributed by atoms with Crippen molar-refractivity contribution in [1.29, 1.82) is 0 Å². The molecule has 2 saturated heterocycles. The first-order valence-electron chi connectivity index (χ1n) is 8.14. The van der Waals surface area contributed by atoms with Gasteiger partial charge < -0.3 is 19.7 Å². The van der Waals surface area contributed by atoms with Gasteiger partial charge in [-0.05, 0) is 27.7 Å². The number of carbonyl (C=O) groups excluding carboxylic acids is 1. The first kappa shape index (κ1) is 16.3. The number of nitrogens with zero attached hydrogens (tertiary/aromatic N) is 3. The van der Waals surface area contributed by atoms with Crippen molar-refractivity contribution in [3.8, 4) is 0 Å². The quantitative estimate of drug-likeness (QED) is 0.859. The van der Waals surface area contributed by atoms with Crippen LogP contribution in [0, 0.1) is 0 Å². The second kappa shape index (κ2) is 5.79. The van der Waals surface area contributed by atoms with Gasteiger partial charge in [0, 0.05) is 25.8 Å². The van der Waals surface area contributed by atoms with Crippen LogP contribution in [-0.2, 0) is 15.0 Å². The van der Waals surface area contributed by atoms with Crippen molar-refractivity contribution < 1.29 is 14.3 Å². The Balaban J connectivity index is 1.66. The molecule has 1 aromatic rings. The Morgan fingerprint density at radius 1 is 1.48 bits per heavy atom. The Morgan fingerprint density at radius 3 is 2.87 bits per heavy atom. The Morgan fingerprint density at radius 2 is 2.26 bits per heavy atom. The molecule has 0 radical (unpaired) electrons. The zero-order chi connectivity index (χ0) is 16.7. The van der Waals surface area contributed by atoms with Crippen molar-refractivity contribution in [2.75, 3.05) is 31.6 Å². The van der Waals surface area contributed by atoms with E-state index in [0.29, 0.717) is 32.0 Å². The Bertz CT molecular complexity index is 572. The van der Waals surface area contributed by atoms with Gasteiger partial charge in [-0.25, -0.2) is 4.79 Å². The third-order valence-corrected chi connectivity index (χ3v) is 4.28. The van der Waals surface area contributed by atoms with Crippen LogP contribution in [0.15, 0.2) is 12.4 Å². The number of aromatic nitrogens is 2. The van der Waals surface area contributed by atoms with Crippen molar-refractivity contribution in [1.82, 2.24) is 14.7 Å². The smallest absolute Gasteiger partial charge is 0.322 e. The van der Waals surface area contributed by atoms with Gasteiger partial charge in [0.2, 0.25) is 0 Å². The number of rotatable bonds is 1. The first-order chi connectivity index (χ1) is 10.8. The van der Waals surface area contributed by atoms with Gasteiger partial charge in [-0.2, -0.15) is 5.10 Å². The van der Waals surface area contributed by atoms with Gasteiger partial charge in [-0.1, -0.05) is 0 Å². The molecule has 1 N–H and O–H groups in total. The molecule has 2 fully saturated rings. The number of urea groups is 1. The van der Waals surface area contributed by atoms with E-state index >= 15 is 0 Å². The van der Waals surface area contributed by atoms with Crippen molar-refractivity contribution in [2.24, 2.45) is 0 Å². The van der Waals surface area contributed by atoms with E-state index in [-0.39, 0.29) is 23.3 Å². The van der Waals surface area contributed by atoms with Crippen LogP contribution in [0.1, 0.15) is 34.1 Å². The van der Waals surface area contributed by atoms with Gasteiger partial charge in [-0.15, -0.1) is 0 Å². The zero-order valence-electron chi connectivity index (χ0n) is 14.3. The third-order valence-electron chi connectivity index (χ3n) is 4.28. The van der Waals surface area contributed by atoms with Crippen LogP contribution in [0.4, 0.5) is 10.5 Å². The molecule has 1 aromatic heterocycles. The van der Waals surface area contributed by atoms with Crippen molar-refractivity contribution in [3.05, 3.63) is 12.4 Å². The molecule has 7 nitrogen and oxygen atoms in total. The van der Waals surface area contributed by atoms with Gasteiger partial charge in [-0.3, -0.25) is 4.68 Å². The van der Waals surface area contributed by atoms with E-state index in [2.05, 4.69) is 31.2 Å². The van der Waals surface area contributed by atoms with Crippen molar-refractivity contribution in [3.63, 3.8) is 0 Å². The maximum Gasteiger partial charge on any atom is 0.322 e. The number of nitrogens with one attached hydrogen (secondary N) is 1. The minimum Gasteiger partial charge on any atom is -0.378 e. The summed E-state index contributed by atoms with van der Waals surface area (Å²) >= 11 is 0. The number of amides is 2. The maximum absolute atomic E-state index is 12.6. The van der Waals surface area contributed by atoms with Gasteiger partial charge in [0.05, 0.1) is 36.7 Å². The summed E-state index contributed by atoms with van der Waals surface area (Å²) in [5, 5.41) is 7.25. The number of ether oxygens (including phenoxy) is 2. The van der Waals surface area contributed by atoms with Gasteiger partial charge >= 0.3 is 6.03 Å². The number of hydrogen-bond acceptors (Lipinski definition) is 4. The van der Waals surface area contributed by atoms with Crippen LogP contribution in [0.2, 0.25) is 0 Å². The number of anilines is 1. The second-order valence-corrected chi connectivity index (χ2v) is 7.57. The second-order valence-electron chi connectivity index (χ2n) is 7.57. The van der Waals surface area contributed by atoms with Crippen LogP contribution in [-0.4, -0.2) is 58.7 Å². The molecule has 2 amide bonds. The topological polar surface area (TPSA) is 68.6 Å². The lowest BCUT2D eigenvalue weighted by atomic mass is 9.99. The molecule has 1 spiro atoms. The first-order valence-corrected chi connectivity index (χ1v) is 8.14. The number of morpholine rings is 1. The summed E-state index contributed by atoms with van der Waals surface area (Å²) in [5.41, 5.74) is 0.257. The molecule has 2 aliphatic heterocycles. The van der Waals surface area contributed by atoms with E-state index < -0.39 is 0 Å². The highest BCUT2D eigenvalue weighted by Gasteiger charge is 2.44. The van der Waals surface area contributed by atoms with Crippen LogP contribution < -0.4 is 5.32 Å². The molecule has 0 saturated carbocycles. The average molecular weight is 322 g/mol. The SMILES string of the molecule is CC1CN(C(=O)Nc2cnn(C(C)(C)C)c2)CC2(CCOC2)O1. The lowest BCUT2D eigenvalue weighted by Crippen LogP contribution is -2.57. The highest BCUT2D eigenvalue weighted by Crippen LogP contribution is 2.30. The van der Waals surface area contributed by atoms with Gasteiger partial charge in [0.15, 0.2) is 0 Å². The highest BCUT2D eigenvalue weighted by molar-refractivity contribution is 5.89. The van der Waals surface area contributed by atoms with E-state index in [1.54, 1.807) is 6.20 Å². The fraction of sp³-hybridized carbons (Fsp3) is 0.750. The Labute approximate surface area is 136 Å². The molecule has 0 bridgehead atoms. The minimum absolute atomic E-state index is 0.00787. The van der Waals surface area contributed by atoms with E-state index in [1.807, 2.05) is 22.7 Å². The fourth-order valence-electron chi connectivity index (χ4n) is 3.14. The van der Waals surface area contributed by atoms with Crippen LogP contribution in [0.5, 0.6) is 0 Å². The predicted molar refractivity (Wildman–Crippen MR) is 86.5 cm³/mol. The fourth-order valence-corrected chi connectivity index (χ4v) is 3.14. The van der Waals surface area contributed by atoms with Gasteiger partial charge in [0.25, 0.3) is 0 Å². The summed E-state index contributed by atoms with van der Waals surface area (Å²) in [4.78, 5) is 14.4. The molecular formula is C16H26N4O3. The molecule has 23 heavy (non-hydrogen) atoms. The molecule has 0 aromatic carbocycles. The molecule has 3 rings (SSSR count).